The molecule has 0 bridgehead atoms. The molecule has 156 valence electrons. The number of carbonyl (C=O) groups is 1. The lowest BCUT2D eigenvalue weighted by Crippen LogP contribution is -2.55. The Hall–Kier alpha value is -2.09. The monoisotopic (exact) mass is 391 g/mol. The van der Waals surface area contributed by atoms with Crippen LogP contribution in [0.2, 0.25) is 0 Å². The maximum Gasteiger partial charge on any atom is 0.251 e. The molecule has 1 unspecified atom stereocenters. The van der Waals surface area contributed by atoms with Crippen molar-refractivity contribution in [2.45, 2.75) is 58.6 Å². The fourth-order valence-corrected chi connectivity index (χ4v) is 3.41. The van der Waals surface area contributed by atoms with Gasteiger partial charge in [-0.25, -0.2) is 9.98 Å². The molecule has 2 aliphatic rings. The van der Waals surface area contributed by atoms with Crippen molar-refractivity contribution in [3.05, 3.63) is 17.8 Å². The van der Waals surface area contributed by atoms with Crippen molar-refractivity contribution < 1.29 is 13.9 Å². The Morgan fingerprint density at radius 2 is 2.00 bits per heavy atom. The lowest BCUT2D eigenvalue weighted by Gasteiger charge is -2.37. The Bertz CT molecular complexity index is 680. The number of oxazole rings is 1. The van der Waals surface area contributed by atoms with Crippen LogP contribution in [-0.4, -0.2) is 72.1 Å². The fourth-order valence-electron chi connectivity index (χ4n) is 3.41. The van der Waals surface area contributed by atoms with Gasteiger partial charge in [0.05, 0.1) is 6.20 Å². The van der Waals surface area contributed by atoms with E-state index in [-0.39, 0.29) is 17.4 Å². The summed E-state index contributed by atoms with van der Waals surface area (Å²) in [6.45, 7) is 13.1. The third-order valence-electron chi connectivity index (χ3n) is 5.09. The number of amides is 1. The smallest absolute Gasteiger partial charge is 0.251 e. The number of hydrogen-bond donors (Lipinski definition) is 1. The summed E-state index contributed by atoms with van der Waals surface area (Å²) in [6, 6.07) is 0. The van der Waals surface area contributed by atoms with E-state index >= 15 is 0 Å². The molecule has 1 amide bonds. The molecule has 1 N–H and O–H groups in total. The van der Waals surface area contributed by atoms with Crippen molar-refractivity contribution in [2.24, 2.45) is 4.99 Å². The molecule has 1 aromatic rings. The standard InChI is InChI=1S/C20H33N5O3/c1-5-21-19(23-14-17-22-13-16(28-17)20(2,3)4)25-10-8-24(9-11-25)18(26)15-7-6-12-27-15/h13,15H,5-12,14H2,1-4H3,(H,21,23). The number of guanidine groups is 1. The van der Waals surface area contributed by atoms with Crippen LogP contribution in [0.15, 0.2) is 15.6 Å². The third kappa shape index (κ3) is 5.04. The first-order valence-corrected chi connectivity index (χ1v) is 10.3. The van der Waals surface area contributed by atoms with Crippen LogP contribution in [0.25, 0.3) is 0 Å². The highest BCUT2D eigenvalue weighted by Crippen LogP contribution is 2.23. The highest BCUT2D eigenvalue weighted by molar-refractivity contribution is 5.82. The van der Waals surface area contributed by atoms with Crippen LogP contribution in [0, 0.1) is 0 Å². The maximum absolute atomic E-state index is 12.5. The Morgan fingerprint density at radius 1 is 1.29 bits per heavy atom. The molecule has 0 spiro atoms. The molecule has 28 heavy (non-hydrogen) atoms. The molecule has 0 aromatic carbocycles. The Kier molecular flexibility index (Phi) is 6.59. The number of carbonyl (C=O) groups excluding carboxylic acids is 1. The predicted octanol–water partition coefficient (Wildman–Crippen LogP) is 1.76. The van der Waals surface area contributed by atoms with E-state index in [0.717, 1.165) is 44.2 Å². The number of hydrogen-bond acceptors (Lipinski definition) is 5. The van der Waals surface area contributed by atoms with Crippen LogP contribution in [0.4, 0.5) is 0 Å². The van der Waals surface area contributed by atoms with Crippen molar-refractivity contribution in [3.8, 4) is 0 Å². The van der Waals surface area contributed by atoms with Gasteiger partial charge in [-0.05, 0) is 19.8 Å². The molecule has 8 nitrogen and oxygen atoms in total. The second kappa shape index (κ2) is 8.94. The average Bonchev–Trinajstić information content (AvgIpc) is 3.36. The summed E-state index contributed by atoms with van der Waals surface area (Å²) >= 11 is 0. The number of aromatic nitrogens is 1. The van der Waals surface area contributed by atoms with Crippen molar-refractivity contribution in [1.82, 2.24) is 20.1 Å². The van der Waals surface area contributed by atoms with Gasteiger partial charge in [-0.15, -0.1) is 0 Å². The second-order valence-electron chi connectivity index (χ2n) is 8.35. The number of nitrogens with zero attached hydrogens (tertiary/aromatic N) is 4. The molecule has 8 heteroatoms. The number of rotatable bonds is 4. The van der Waals surface area contributed by atoms with E-state index in [1.807, 2.05) is 4.90 Å². The summed E-state index contributed by atoms with van der Waals surface area (Å²) in [5.41, 5.74) is -0.0641. The highest BCUT2D eigenvalue weighted by atomic mass is 16.5. The van der Waals surface area contributed by atoms with Gasteiger partial charge < -0.3 is 24.3 Å². The van der Waals surface area contributed by atoms with Crippen LogP contribution in [-0.2, 0) is 21.5 Å². The molecule has 1 aromatic heterocycles. The predicted molar refractivity (Wildman–Crippen MR) is 107 cm³/mol. The molecule has 3 heterocycles. The lowest BCUT2D eigenvalue weighted by atomic mass is 9.94. The summed E-state index contributed by atoms with van der Waals surface area (Å²) in [5, 5.41) is 3.34. The number of ether oxygens (including phenoxy) is 1. The van der Waals surface area contributed by atoms with Gasteiger partial charge in [0.25, 0.3) is 5.91 Å². The van der Waals surface area contributed by atoms with Crippen LogP contribution in [0.3, 0.4) is 0 Å². The summed E-state index contributed by atoms with van der Waals surface area (Å²) in [7, 11) is 0. The zero-order valence-electron chi connectivity index (χ0n) is 17.5. The normalized spacial score (nSPS) is 21.3. The number of piperazine rings is 1. The Morgan fingerprint density at radius 3 is 2.57 bits per heavy atom. The van der Waals surface area contributed by atoms with Gasteiger partial charge in [0.1, 0.15) is 18.4 Å². The van der Waals surface area contributed by atoms with Gasteiger partial charge in [-0.2, -0.15) is 0 Å². The average molecular weight is 392 g/mol. The van der Waals surface area contributed by atoms with Crippen LogP contribution >= 0.6 is 0 Å². The van der Waals surface area contributed by atoms with Crippen molar-refractivity contribution in [1.29, 1.82) is 0 Å². The fraction of sp³-hybridized carbons (Fsp3) is 0.750. The largest absolute Gasteiger partial charge is 0.443 e. The van der Waals surface area contributed by atoms with E-state index in [9.17, 15) is 4.79 Å². The molecular formula is C20H33N5O3. The Labute approximate surface area is 167 Å². The van der Waals surface area contributed by atoms with Crippen LogP contribution in [0.1, 0.15) is 52.2 Å². The number of nitrogens with one attached hydrogen (secondary N) is 1. The van der Waals surface area contributed by atoms with Crippen LogP contribution in [0.5, 0.6) is 0 Å². The van der Waals surface area contributed by atoms with Crippen molar-refractivity contribution in [3.63, 3.8) is 0 Å². The van der Waals surface area contributed by atoms with Gasteiger partial charge in [0.15, 0.2) is 5.96 Å². The van der Waals surface area contributed by atoms with E-state index < -0.39 is 0 Å². The van der Waals surface area contributed by atoms with E-state index in [1.54, 1.807) is 6.20 Å². The summed E-state index contributed by atoms with van der Waals surface area (Å²) in [4.78, 5) is 25.7. The molecule has 3 rings (SSSR count). The first kappa shape index (κ1) is 20.6. The summed E-state index contributed by atoms with van der Waals surface area (Å²) < 4.78 is 11.4. The topological polar surface area (TPSA) is 83.2 Å². The van der Waals surface area contributed by atoms with Gasteiger partial charge in [-0.1, -0.05) is 20.8 Å². The molecule has 0 radical (unpaired) electrons. The SMILES string of the molecule is CCNC(=NCc1ncc(C(C)(C)C)o1)N1CCN(C(=O)C2CCCO2)CC1. The first-order chi connectivity index (χ1) is 13.4. The minimum Gasteiger partial charge on any atom is -0.443 e. The van der Waals surface area contributed by atoms with Gasteiger partial charge in [0, 0.05) is 44.7 Å². The zero-order valence-corrected chi connectivity index (χ0v) is 17.5. The zero-order chi connectivity index (χ0) is 20.1. The maximum atomic E-state index is 12.5. The molecular weight excluding hydrogens is 358 g/mol. The quantitative estimate of drug-likeness (QED) is 0.622. The third-order valence-corrected chi connectivity index (χ3v) is 5.09. The van der Waals surface area contributed by atoms with Gasteiger partial charge >= 0.3 is 0 Å². The van der Waals surface area contributed by atoms with Gasteiger partial charge in [0.2, 0.25) is 5.89 Å². The van der Waals surface area contributed by atoms with E-state index in [1.165, 1.54) is 0 Å². The van der Waals surface area contributed by atoms with Crippen molar-refractivity contribution >= 4 is 11.9 Å². The minimum atomic E-state index is -0.240. The van der Waals surface area contributed by atoms with E-state index in [2.05, 4.69) is 42.9 Å². The van der Waals surface area contributed by atoms with Crippen LogP contribution < -0.4 is 5.32 Å². The molecule has 0 saturated carbocycles. The molecule has 2 aliphatic heterocycles. The first-order valence-electron chi connectivity index (χ1n) is 10.3. The molecule has 0 aliphatic carbocycles. The minimum absolute atomic E-state index is 0.0641. The van der Waals surface area contributed by atoms with E-state index in [4.69, 9.17) is 14.1 Å². The molecule has 2 fully saturated rings. The summed E-state index contributed by atoms with van der Waals surface area (Å²) in [5.74, 6) is 2.45. The van der Waals surface area contributed by atoms with Crippen molar-refractivity contribution in [2.75, 3.05) is 39.3 Å². The highest BCUT2D eigenvalue weighted by Gasteiger charge is 2.31. The Balaban J connectivity index is 1.57. The second-order valence-corrected chi connectivity index (χ2v) is 8.35. The summed E-state index contributed by atoms with van der Waals surface area (Å²) in [6.07, 6.45) is 3.37. The van der Waals surface area contributed by atoms with E-state index in [0.29, 0.717) is 32.1 Å². The lowest BCUT2D eigenvalue weighted by molar-refractivity contribution is -0.142. The molecule has 1 atom stereocenters. The number of aliphatic imine (C=N–C) groups is 1. The molecule has 2 saturated heterocycles. The van der Waals surface area contributed by atoms with Gasteiger partial charge in [-0.3, -0.25) is 4.79 Å².